The first-order valence-electron chi connectivity index (χ1n) is 4.79. The van der Waals surface area contributed by atoms with Gasteiger partial charge in [0.1, 0.15) is 6.20 Å². The molecular formula is C10H14F3N2+. The number of hydrogen-bond acceptors (Lipinski definition) is 1. The molecule has 0 amide bonds. The van der Waals surface area contributed by atoms with Crippen LogP contribution in [0.4, 0.5) is 19.0 Å². The maximum absolute atomic E-state index is 12.2. The van der Waals surface area contributed by atoms with E-state index in [1.165, 1.54) is 6.07 Å². The van der Waals surface area contributed by atoms with Gasteiger partial charge in [-0.1, -0.05) is 6.92 Å². The second-order valence-electron chi connectivity index (χ2n) is 3.44. The number of halogens is 3. The lowest BCUT2D eigenvalue weighted by Gasteiger charge is -2.07. The Hall–Kier alpha value is -1.26. The van der Waals surface area contributed by atoms with Crippen molar-refractivity contribution < 1.29 is 18.2 Å². The van der Waals surface area contributed by atoms with E-state index in [0.717, 1.165) is 18.7 Å². The Morgan fingerprint density at radius 3 is 2.47 bits per heavy atom. The summed E-state index contributed by atoms with van der Waals surface area (Å²) in [6.45, 7) is 3.97. The van der Waals surface area contributed by atoms with E-state index in [4.69, 9.17) is 0 Å². The number of rotatable bonds is 3. The molecule has 2 nitrogen and oxygen atoms in total. The van der Waals surface area contributed by atoms with Gasteiger partial charge in [0.05, 0.1) is 11.6 Å². The second kappa shape index (κ2) is 4.51. The molecule has 0 bridgehead atoms. The van der Waals surface area contributed by atoms with E-state index >= 15 is 0 Å². The molecule has 84 valence electrons. The summed E-state index contributed by atoms with van der Waals surface area (Å²) in [5, 5.41) is 3.05. The van der Waals surface area contributed by atoms with Crippen molar-refractivity contribution in [3.05, 3.63) is 23.9 Å². The topological polar surface area (TPSA) is 26.2 Å². The van der Waals surface area contributed by atoms with Crippen LogP contribution in [0.25, 0.3) is 0 Å². The van der Waals surface area contributed by atoms with Gasteiger partial charge in [0.2, 0.25) is 0 Å². The summed E-state index contributed by atoms with van der Waals surface area (Å²) in [6, 6.07) is 2.69. The first kappa shape index (κ1) is 11.8. The highest BCUT2D eigenvalue weighted by Crippen LogP contribution is 2.28. The van der Waals surface area contributed by atoms with Gasteiger partial charge in [-0.25, -0.2) is 4.98 Å². The van der Waals surface area contributed by atoms with Gasteiger partial charge in [0, 0.05) is 6.07 Å². The van der Waals surface area contributed by atoms with Gasteiger partial charge in [-0.15, -0.1) is 0 Å². The molecule has 0 aliphatic heterocycles. The average molecular weight is 219 g/mol. The van der Waals surface area contributed by atoms with Gasteiger partial charge in [-0.2, -0.15) is 13.2 Å². The quantitative estimate of drug-likeness (QED) is 0.831. The largest absolute Gasteiger partial charge is 0.419 e. The number of pyridine rings is 1. The van der Waals surface area contributed by atoms with Gasteiger partial charge in [-0.05, 0) is 19.4 Å². The van der Waals surface area contributed by atoms with E-state index in [1.807, 2.05) is 13.8 Å². The predicted octanol–water partition coefficient (Wildman–Crippen LogP) is 2.73. The summed E-state index contributed by atoms with van der Waals surface area (Å²) < 4.78 is 36.6. The fourth-order valence-electron chi connectivity index (χ4n) is 1.06. The molecule has 1 heterocycles. The number of anilines is 1. The highest BCUT2D eigenvalue weighted by Gasteiger charge is 2.31. The van der Waals surface area contributed by atoms with Crippen molar-refractivity contribution in [3.63, 3.8) is 0 Å². The Bertz CT molecular complexity index is 305. The van der Waals surface area contributed by atoms with Crippen molar-refractivity contribution in [1.82, 2.24) is 0 Å². The minimum atomic E-state index is -4.29. The molecule has 1 aromatic rings. The van der Waals surface area contributed by atoms with Gasteiger partial charge in [-0.3, -0.25) is 5.32 Å². The van der Waals surface area contributed by atoms with E-state index < -0.39 is 11.7 Å². The number of H-pyrrole nitrogens is 1. The summed E-state index contributed by atoms with van der Waals surface area (Å²) in [6.07, 6.45) is -2.41. The highest BCUT2D eigenvalue weighted by atomic mass is 19.4. The lowest BCUT2D eigenvalue weighted by Crippen LogP contribution is -2.22. The van der Waals surface area contributed by atoms with E-state index in [-0.39, 0.29) is 6.04 Å². The normalized spacial score (nSPS) is 13.7. The third-order valence-corrected chi connectivity index (χ3v) is 2.15. The smallest absolute Gasteiger partial charge is 0.272 e. The Kier molecular flexibility index (Phi) is 3.55. The van der Waals surface area contributed by atoms with Crippen LogP contribution in [0.15, 0.2) is 18.3 Å². The van der Waals surface area contributed by atoms with Gasteiger partial charge < -0.3 is 0 Å². The molecule has 0 unspecified atom stereocenters. The lowest BCUT2D eigenvalue weighted by molar-refractivity contribution is -0.365. The van der Waals surface area contributed by atoms with Crippen LogP contribution < -0.4 is 10.3 Å². The van der Waals surface area contributed by atoms with Crippen molar-refractivity contribution in [1.29, 1.82) is 0 Å². The zero-order valence-electron chi connectivity index (χ0n) is 8.65. The molecule has 0 fully saturated rings. The Morgan fingerprint density at radius 2 is 2.07 bits per heavy atom. The monoisotopic (exact) mass is 219 g/mol. The molecule has 2 N–H and O–H groups in total. The lowest BCUT2D eigenvalue weighted by atomic mass is 10.2. The minimum Gasteiger partial charge on any atom is -0.272 e. The van der Waals surface area contributed by atoms with E-state index in [9.17, 15) is 13.2 Å². The van der Waals surface area contributed by atoms with Crippen molar-refractivity contribution in [2.24, 2.45) is 0 Å². The van der Waals surface area contributed by atoms with Crippen LogP contribution >= 0.6 is 0 Å². The molecule has 1 atom stereocenters. The van der Waals surface area contributed by atoms with Crippen LogP contribution in [0.1, 0.15) is 25.8 Å². The predicted molar refractivity (Wildman–Crippen MR) is 51.4 cm³/mol. The zero-order valence-corrected chi connectivity index (χ0v) is 8.65. The third kappa shape index (κ3) is 3.42. The molecule has 0 aliphatic rings. The van der Waals surface area contributed by atoms with Gasteiger partial charge in [0.25, 0.3) is 5.82 Å². The second-order valence-corrected chi connectivity index (χ2v) is 3.44. The number of nitrogens with one attached hydrogen (secondary N) is 2. The van der Waals surface area contributed by atoms with Crippen molar-refractivity contribution >= 4 is 5.82 Å². The molecular weight excluding hydrogens is 205 g/mol. The van der Waals surface area contributed by atoms with Crippen LogP contribution in [0.3, 0.4) is 0 Å². The Balaban J connectivity index is 2.73. The van der Waals surface area contributed by atoms with E-state index in [1.54, 1.807) is 0 Å². The molecule has 0 saturated heterocycles. The number of alkyl halides is 3. The third-order valence-electron chi connectivity index (χ3n) is 2.15. The molecule has 0 aromatic carbocycles. The van der Waals surface area contributed by atoms with Crippen LogP contribution in [0, 0.1) is 0 Å². The fraction of sp³-hybridized carbons (Fsp3) is 0.500. The molecule has 1 aromatic heterocycles. The maximum Gasteiger partial charge on any atom is 0.419 e. The average Bonchev–Trinajstić information content (AvgIpc) is 2.17. The summed E-state index contributed by atoms with van der Waals surface area (Å²) in [4.78, 5) is 2.58. The van der Waals surface area contributed by atoms with Crippen molar-refractivity contribution in [2.75, 3.05) is 5.32 Å². The molecule has 0 radical (unpaired) electrons. The number of aromatic amines is 1. The molecule has 5 heteroatoms. The summed E-state index contributed by atoms with van der Waals surface area (Å²) in [7, 11) is 0. The maximum atomic E-state index is 12.2. The van der Waals surface area contributed by atoms with Crippen LogP contribution in [0.5, 0.6) is 0 Å². The first-order valence-corrected chi connectivity index (χ1v) is 4.79. The van der Waals surface area contributed by atoms with Crippen molar-refractivity contribution in [2.45, 2.75) is 32.5 Å². The van der Waals surface area contributed by atoms with Crippen LogP contribution in [-0.4, -0.2) is 6.04 Å². The van der Waals surface area contributed by atoms with Crippen LogP contribution in [-0.2, 0) is 6.18 Å². The van der Waals surface area contributed by atoms with E-state index in [2.05, 4.69) is 10.3 Å². The molecule has 1 rings (SSSR count). The standard InChI is InChI=1S/C10H13F3N2/c1-3-7(2)15-9-5-4-8(6-14-9)10(11,12)13/h4-7H,3H2,1-2H3,(H,14,15)/p+1/t7-/m0/s1. The first-order chi connectivity index (χ1) is 6.93. The van der Waals surface area contributed by atoms with Gasteiger partial charge in [0.15, 0.2) is 0 Å². The highest BCUT2D eigenvalue weighted by molar-refractivity contribution is 5.30. The Morgan fingerprint density at radius 1 is 1.40 bits per heavy atom. The number of aromatic nitrogens is 1. The zero-order chi connectivity index (χ0) is 11.5. The molecule has 0 spiro atoms. The van der Waals surface area contributed by atoms with Gasteiger partial charge >= 0.3 is 6.18 Å². The molecule has 0 aliphatic carbocycles. The summed E-state index contributed by atoms with van der Waals surface area (Å²) in [5.74, 6) is 0.595. The molecule has 15 heavy (non-hydrogen) atoms. The summed E-state index contributed by atoms with van der Waals surface area (Å²) in [5.41, 5.74) is -0.669. The Labute approximate surface area is 86.5 Å². The summed E-state index contributed by atoms with van der Waals surface area (Å²) >= 11 is 0. The fourth-order valence-corrected chi connectivity index (χ4v) is 1.06. The molecule has 0 saturated carbocycles. The van der Waals surface area contributed by atoms with Crippen LogP contribution in [0.2, 0.25) is 0 Å². The van der Waals surface area contributed by atoms with E-state index in [0.29, 0.717) is 5.82 Å². The SMILES string of the molecule is CC[C@H](C)Nc1ccc(C(F)(F)F)c[nH+]1. The van der Waals surface area contributed by atoms with Crippen molar-refractivity contribution in [3.8, 4) is 0 Å². The minimum absolute atomic E-state index is 0.234. The number of hydrogen-bond donors (Lipinski definition) is 1.